The summed E-state index contributed by atoms with van der Waals surface area (Å²) < 4.78 is 0. The van der Waals surface area contributed by atoms with Gasteiger partial charge in [-0.25, -0.2) is 0 Å². The van der Waals surface area contributed by atoms with Gasteiger partial charge in [-0.1, -0.05) is 6.92 Å². The maximum Gasteiger partial charge on any atom is 0.308 e. The van der Waals surface area contributed by atoms with Crippen molar-refractivity contribution in [2.24, 2.45) is 11.8 Å². The van der Waals surface area contributed by atoms with Crippen LogP contribution in [-0.4, -0.2) is 34.1 Å². The zero-order valence-electron chi connectivity index (χ0n) is 11.4. The molecule has 2 unspecified atom stereocenters. The molecular weight excluding hydrogens is 254 g/mol. The van der Waals surface area contributed by atoms with Crippen LogP contribution < -0.4 is 4.90 Å². The molecule has 0 amide bonds. The second kappa shape index (κ2) is 5.07. The average Bonchev–Trinajstić information content (AvgIpc) is 2.46. The number of rotatable bonds is 2. The van der Waals surface area contributed by atoms with Gasteiger partial charge in [0, 0.05) is 42.8 Å². The summed E-state index contributed by atoms with van der Waals surface area (Å²) in [7, 11) is 0. The minimum atomic E-state index is -0.710. The van der Waals surface area contributed by atoms with E-state index in [2.05, 4.69) is 21.8 Å². The van der Waals surface area contributed by atoms with Gasteiger partial charge < -0.3 is 10.0 Å². The van der Waals surface area contributed by atoms with Crippen molar-refractivity contribution in [2.45, 2.75) is 13.3 Å². The molecule has 1 saturated heterocycles. The summed E-state index contributed by atoms with van der Waals surface area (Å²) in [5.41, 5.74) is 1.92. The number of nitrogens with zero attached hydrogens (tertiary/aromatic N) is 3. The van der Waals surface area contributed by atoms with E-state index in [0.717, 1.165) is 29.6 Å². The van der Waals surface area contributed by atoms with Gasteiger partial charge in [0.2, 0.25) is 0 Å². The van der Waals surface area contributed by atoms with Crippen LogP contribution in [0.5, 0.6) is 0 Å². The third-order valence-corrected chi connectivity index (χ3v) is 3.87. The highest BCUT2D eigenvalue weighted by atomic mass is 16.4. The topological polar surface area (TPSA) is 66.3 Å². The van der Waals surface area contributed by atoms with E-state index in [1.54, 1.807) is 18.6 Å². The molecule has 1 fully saturated rings. The molecule has 5 nitrogen and oxygen atoms in total. The van der Waals surface area contributed by atoms with Crippen LogP contribution in [0.1, 0.15) is 13.3 Å². The van der Waals surface area contributed by atoms with E-state index in [9.17, 15) is 9.90 Å². The first kappa shape index (κ1) is 12.8. The molecular formula is C15H17N3O2. The molecule has 0 bridgehead atoms. The predicted molar refractivity (Wildman–Crippen MR) is 76.7 cm³/mol. The van der Waals surface area contributed by atoms with Crippen molar-refractivity contribution in [3.63, 3.8) is 0 Å². The Kier molecular flexibility index (Phi) is 3.26. The lowest BCUT2D eigenvalue weighted by molar-refractivity contribution is -0.142. The van der Waals surface area contributed by atoms with Crippen LogP contribution in [-0.2, 0) is 4.79 Å². The highest BCUT2D eigenvalue weighted by Gasteiger charge is 2.30. The van der Waals surface area contributed by atoms with Crippen molar-refractivity contribution < 1.29 is 9.90 Å². The third-order valence-electron chi connectivity index (χ3n) is 3.87. The van der Waals surface area contributed by atoms with Crippen LogP contribution >= 0.6 is 0 Å². The predicted octanol–water partition coefficient (Wildman–Crippen LogP) is 2.18. The molecule has 1 N–H and O–H groups in total. The molecule has 1 aliphatic heterocycles. The maximum atomic E-state index is 11.3. The first-order valence-corrected chi connectivity index (χ1v) is 6.81. The quantitative estimate of drug-likeness (QED) is 0.906. The molecule has 2 aromatic rings. The molecule has 104 valence electrons. The van der Waals surface area contributed by atoms with Crippen molar-refractivity contribution in [1.82, 2.24) is 9.97 Å². The summed E-state index contributed by atoms with van der Waals surface area (Å²) in [4.78, 5) is 21.9. The van der Waals surface area contributed by atoms with E-state index in [1.807, 2.05) is 12.1 Å². The minimum absolute atomic E-state index is 0.307. The van der Waals surface area contributed by atoms with Crippen molar-refractivity contribution in [3.8, 4) is 0 Å². The number of hydrogen-bond acceptors (Lipinski definition) is 4. The smallest absolute Gasteiger partial charge is 0.308 e. The molecule has 2 aromatic heterocycles. The summed E-state index contributed by atoms with van der Waals surface area (Å²) in [6, 6.07) is 3.82. The van der Waals surface area contributed by atoms with Crippen molar-refractivity contribution in [2.75, 3.05) is 18.0 Å². The molecule has 0 aliphatic carbocycles. The van der Waals surface area contributed by atoms with Crippen LogP contribution in [0.25, 0.3) is 10.9 Å². The normalized spacial score (nSPS) is 22.9. The summed E-state index contributed by atoms with van der Waals surface area (Å²) in [5, 5.41) is 10.3. The van der Waals surface area contributed by atoms with Gasteiger partial charge in [0.05, 0.1) is 11.4 Å². The van der Waals surface area contributed by atoms with Gasteiger partial charge in [-0.2, -0.15) is 0 Å². The van der Waals surface area contributed by atoms with Crippen LogP contribution in [0.15, 0.2) is 30.7 Å². The van der Waals surface area contributed by atoms with Gasteiger partial charge in [-0.3, -0.25) is 14.8 Å². The SMILES string of the molecule is CC1CC(C(=O)O)CN(c2ccnc3ccncc23)C1. The van der Waals surface area contributed by atoms with E-state index in [-0.39, 0.29) is 5.92 Å². The Morgan fingerprint density at radius 3 is 3.00 bits per heavy atom. The van der Waals surface area contributed by atoms with E-state index >= 15 is 0 Å². The van der Waals surface area contributed by atoms with E-state index in [0.29, 0.717) is 12.5 Å². The van der Waals surface area contributed by atoms with Crippen molar-refractivity contribution in [3.05, 3.63) is 30.7 Å². The Morgan fingerprint density at radius 1 is 1.35 bits per heavy atom. The fraction of sp³-hybridized carbons (Fsp3) is 0.400. The monoisotopic (exact) mass is 271 g/mol. The zero-order chi connectivity index (χ0) is 14.1. The van der Waals surface area contributed by atoms with Crippen LogP contribution in [0, 0.1) is 11.8 Å². The average molecular weight is 271 g/mol. The molecule has 2 atom stereocenters. The van der Waals surface area contributed by atoms with E-state index < -0.39 is 5.97 Å². The van der Waals surface area contributed by atoms with Gasteiger partial charge in [-0.15, -0.1) is 0 Å². The summed E-state index contributed by atoms with van der Waals surface area (Å²) in [5.74, 6) is -0.651. The lowest BCUT2D eigenvalue weighted by atomic mass is 9.90. The summed E-state index contributed by atoms with van der Waals surface area (Å²) in [6.45, 7) is 3.52. The van der Waals surface area contributed by atoms with Gasteiger partial charge >= 0.3 is 5.97 Å². The van der Waals surface area contributed by atoms with Gasteiger partial charge in [0.25, 0.3) is 0 Å². The number of anilines is 1. The maximum absolute atomic E-state index is 11.3. The summed E-state index contributed by atoms with van der Waals surface area (Å²) >= 11 is 0. The molecule has 3 rings (SSSR count). The number of hydrogen-bond donors (Lipinski definition) is 1. The highest BCUT2D eigenvalue weighted by Crippen LogP contribution is 2.30. The molecule has 3 heterocycles. The fourth-order valence-corrected chi connectivity index (χ4v) is 2.98. The van der Waals surface area contributed by atoms with Gasteiger partial charge in [0.1, 0.15) is 0 Å². The Balaban J connectivity index is 1.99. The number of carboxylic acid groups (broad SMARTS) is 1. The largest absolute Gasteiger partial charge is 0.481 e. The van der Waals surface area contributed by atoms with Crippen LogP contribution in [0.4, 0.5) is 5.69 Å². The molecule has 5 heteroatoms. The Bertz CT molecular complexity index is 639. The Morgan fingerprint density at radius 2 is 2.20 bits per heavy atom. The standard InChI is InChI=1S/C15H17N3O2/c1-10-6-11(15(19)20)9-18(8-10)14-3-5-17-13-2-4-16-7-12(13)14/h2-5,7,10-11H,6,8-9H2,1H3,(H,19,20). The first-order chi connectivity index (χ1) is 9.65. The minimum Gasteiger partial charge on any atom is -0.481 e. The molecule has 20 heavy (non-hydrogen) atoms. The fourth-order valence-electron chi connectivity index (χ4n) is 2.98. The number of piperidine rings is 1. The first-order valence-electron chi connectivity index (χ1n) is 6.81. The second-order valence-corrected chi connectivity index (χ2v) is 5.50. The molecule has 1 aliphatic rings. The number of pyridine rings is 2. The number of carboxylic acids is 1. The molecule has 0 saturated carbocycles. The third kappa shape index (κ3) is 2.31. The Hall–Kier alpha value is -2.17. The summed E-state index contributed by atoms with van der Waals surface area (Å²) in [6.07, 6.45) is 6.03. The van der Waals surface area contributed by atoms with Crippen LogP contribution in [0.3, 0.4) is 0 Å². The molecule has 0 radical (unpaired) electrons. The van der Waals surface area contributed by atoms with Crippen molar-refractivity contribution >= 4 is 22.6 Å². The molecule has 0 spiro atoms. The number of fused-ring (bicyclic) bond motifs is 1. The van der Waals surface area contributed by atoms with Gasteiger partial charge in [-0.05, 0) is 24.5 Å². The van der Waals surface area contributed by atoms with Gasteiger partial charge in [0.15, 0.2) is 0 Å². The van der Waals surface area contributed by atoms with Crippen LogP contribution in [0.2, 0.25) is 0 Å². The number of aliphatic carboxylic acids is 1. The Labute approximate surface area is 117 Å². The lowest BCUT2D eigenvalue weighted by Crippen LogP contribution is -2.42. The van der Waals surface area contributed by atoms with E-state index in [4.69, 9.17) is 0 Å². The zero-order valence-corrected chi connectivity index (χ0v) is 11.4. The highest BCUT2D eigenvalue weighted by molar-refractivity contribution is 5.91. The van der Waals surface area contributed by atoms with Crippen molar-refractivity contribution in [1.29, 1.82) is 0 Å². The number of aromatic nitrogens is 2. The number of carbonyl (C=O) groups is 1. The second-order valence-electron chi connectivity index (χ2n) is 5.50. The lowest BCUT2D eigenvalue weighted by Gasteiger charge is -2.36. The molecule has 0 aromatic carbocycles. The van der Waals surface area contributed by atoms with E-state index in [1.165, 1.54) is 0 Å².